The van der Waals surface area contributed by atoms with E-state index in [1.54, 1.807) is 0 Å². The summed E-state index contributed by atoms with van der Waals surface area (Å²) < 4.78 is 0. The molecule has 1 atom stereocenters. The van der Waals surface area contributed by atoms with Gasteiger partial charge in [0.2, 0.25) is 5.91 Å². The highest BCUT2D eigenvalue weighted by atomic mass is 16.2. The summed E-state index contributed by atoms with van der Waals surface area (Å²) in [6.45, 7) is 7.89. The van der Waals surface area contributed by atoms with Crippen LogP contribution in [0.25, 0.3) is 0 Å². The Morgan fingerprint density at radius 3 is 2.25 bits per heavy atom. The molecule has 124 valence electrons. The first-order valence-corrected chi connectivity index (χ1v) is 8.14. The summed E-state index contributed by atoms with van der Waals surface area (Å²) in [6, 6.07) is 11.3. The van der Waals surface area contributed by atoms with Crippen LogP contribution in [0.4, 0.5) is 11.4 Å². The van der Waals surface area contributed by atoms with Gasteiger partial charge in [0.25, 0.3) is 5.91 Å². The van der Waals surface area contributed by atoms with Crippen LogP contribution < -0.4 is 10.2 Å². The molecule has 0 saturated carbocycles. The smallest absolute Gasteiger partial charge is 0.256 e. The van der Waals surface area contributed by atoms with Gasteiger partial charge in [0.1, 0.15) is 6.04 Å². The normalized spacial score (nSPS) is 17.5. The Kier molecular flexibility index (Phi) is 4.14. The van der Waals surface area contributed by atoms with Crippen LogP contribution in [0.5, 0.6) is 0 Å². The van der Waals surface area contributed by atoms with Gasteiger partial charge in [-0.1, -0.05) is 29.8 Å². The summed E-state index contributed by atoms with van der Waals surface area (Å²) in [5.74, 6) is -0.336. The van der Waals surface area contributed by atoms with Crippen molar-refractivity contribution in [2.45, 2.75) is 40.2 Å². The third kappa shape index (κ3) is 2.92. The molecule has 1 saturated heterocycles. The van der Waals surface area contributed by atoms with Crippen molar-refractivity contribution in [3.05, 3.63) is 58.7 Å². The lowest BCUT2D eigenvalue weighted by Crippen LogP contribution is -2.35. The minimum Gasteiger partial charge on any atom is -0.373 e. The van der Waals surface area contributed by atoms with Gasteiger partial charge in [-0.2, -0.15) is 0 Å². The zero-order valence-electron chi connectivity index (χ0n) is 14.5. The Morgan fingerprint density at radius 1 is 0.958 bits per heavy atom. The van der Waals surface area contributed by atoms with Crippen LogP contribution in [0.1, 0.15) is 28.7 Å². The number of rotatable bonds is 3. The van der Waals surface area contributed by atoms with Gasteiger partial charge in [-0.05, 0) is 56.5 Å². The maximum Gasteiger partial charge on any atom is 0.256 e. The molecule has 0 spiro atoms. The fraction of sp³-hybridized carbons (Fsp3) is 0.300. The third-order valence-electron chi connectivity index (χ3n) is 4.36. The monoisotopic (exact) mass is 322 g/mol. The van der Waals surface area contributed by atoms with Crippen molar-refractivity contribution in [2.75, 3.05) is 10.2 Å². The second-order valence-corrected chi connectivity index (χ2v) is 6.59. The zero-order valence-corrected chi connectivity index (χ0v) is 14.5. The molecule has 0 radical (unpaired) electrons. The fourth-order valence-electron chi connectivity index (χ4n) is 3.44. The van der Waals surface area contributed by atoms with E-state index < -0.39 is 6.04 Å². The van der Waals surface area contributed by atoms with Crippen LogP contribution in [-0.4, -0.2) is 17.9 Å². The van der Waals surface area contributed by atoms with Gasteiger partial charge in [0.05, 0.1) is 12.1 Å². The van der Waals surface area contributed by atoms with E-state index in [1.165, 1.54) is 4.90 Å². The lowest BCUT2D eigenvalue weighted by Gasteiger charge is -2.21. The first-order chi connectivity index (χ1) is 11.4. The molecule has 2 aromatic carbocycles. The Bertz CT molecular complexity index is 803. The van der Waals surface area contributed by atoms with Crippen molar-refractivity contribution in [1.82, 2.24) is 0 Å². The molecular formula is C20H22N2O2. The van der Waals surface area contributed by atoms with E-state index in [1.807, 2.05) is 64.1 Å². The predicted molar refractivity (Wildman–Crippen MR) is 96.4 cm³/mol. The Morgan fingerprint density at radius 2 is 1.62 bits per heavy atom. The summed E-state index contributed by atoms with van der Waals surface area (Å²) in [5, 5.41) is 3.20. The summed E-state index contributed by atoms with van der Waals surface area (Å²) in [6.07, 6.45) is 0.180. The number of benzene rings is 2. The number of hydrogen-bond donors (Lipinski definition) is 1. The van der Waals surface area contributed by atoms with E-state index in [9.17, 15) is 9.59 Å². The van der Waals surface area contributed by atoms with E-state index in [0.717, 1.165) is 33.6 Å². The second-order valence-electron chi connectivity index (χ2n) is 6.59. The number of nitrogens with zero attached hydrogens (tertiary/aromatic N) is 1. The van der Waals surface area contributed by atoms with Gasteiger partial charge >= 0.3 is 0 Å². The van der Waals surface area contributed by atoms with Crippen molar-refractivity contribution >= 4 is 23.2 Å². The summed E-state index contributed by atoms with van der Waals surface area (Å²) in [5.41, 5.74) is 5.72. The summed E-state index contributed by atoms with van der Waals surface area (Å²) in [4.78, 5) is 26.7. The predicted octanol–water partition coefficient (Wildman–Crippen LogP) is 3.66. The van der Waals surface area contributed by atoms with Crippen LogP contribution in [0, 0.1) is 27.7 Å². The number of amides is 2. The largest absolute Gasteiger partial charge is 0.373 e. The lowest BCUT2D eigenvalue weighted by molar-refractivity contribution is -0.121. The zero-order chi connectivity index (χ0) is 17.4. The number of nitrogens with one attached hydrogen (secondary N) is 1. The Labute approximate surface area is 142 Å². The average Bonchev–Trinajstić information content (AvgIpc) is 2.74. The number of aryl methyl sites for hydroxylation is 4. The molecule has 1 aliphatic heterocycles. The molecule has 4 nitrogen and oxygen atoms in total. The third-order valence-corrected chi connectivity index (χ3v) is 4.36. The summed E-state index contributed by atoms with van der Waals surface area (Å²) >= 11 is 0. The van der Waals surface area contributed by atoms with Crippen LogP contribution in [0.3, 0.4) is 0 Å². The number of anilines is 2. The van der Waals surface area contributed by atoms with E-state index in [4.69, 9.17) is 0 Å². The number of hydrogen-bond acceptors (Lipinski definition) is 3. The van der Waals surface area contributed by atoms with E-state index in [-0.39, 0.29) is 18.2 Å². The van der Waals surface area contributed by atoms with Gasteiger partial charge in [0.15, 0.2) is 0 Å². The van der Waals surface area contributed by atoms with E-state index >= 15 is 0 Å². The standard InChI is InChI=1S/C20H22N2O2/c1-12-6-5-7-16(10-12)21-17-11-18(23)22(20(17)24)19-14(3)8-13(2)9-15(19)4/h5-10,17,21H,11H2,1-4H3/t17-/m0/s1. The molecule has 3 rings (SSSR count). The first-order valence-electron chi connectivity index (χ1n) is 8.14. The average molecular weight is 322 g/mol. The van der Waals surface area contributed by atoms with Crippen molar-refractivity contribution in [3.8, 4) is 0 Å². The van der Waals surface area contributed by atoms with E-state index in [0.29, 0.717) is 0 Å². The second kappa shape index (κ2) is 6.11. The molecular weight excluding hydrogens is 300 g/mol. The molecule has 1 fully saturated rings. The number of carbonyl (C=O) groups excluding carboxylic acids is 2. The Hall–Kier alpha value is -2.62. The quantitative estimate of drug-likeness (QED) is 0.877. The van der Waals surface area contributed by atoms with Crippen LogP contribution in [0.2, 0.25) is 0 Å². The van der Waals surface area contributed by atoms with Gasteiger partial charge in [0, 0.05) is 5.69 Å². The van der Waals surface area contributed by atoms with Gasteiger partial charge in [-0.15, -0.1) is 0 Å². The van der Waals surface area contributed by atoms with Crippen molar-refractivity contribution in [2.24, 2.45) is 0 Å². The van der Waals surface area contributed by atoms with Crippen LogP contribution >= 0.6 is 0 Å². The number of carbonyl (C=O) groups is 2. The van der Waals surface area contributed by atoms with Gasteiger partial charge in [-0.25, -0.2) is 4.90 Å². The molecule has 0 unspecified atom stereocenters. The molecule has 4 heteroatoms. The SMILES string of the molecule is Cc1cccc(N[C@H]2CC(=O)N(c3c(C)cc(C)cc3C)C2=O)c1. The molecule has 1 aliphatic rings. The molecule has 1 N–H and O–H groups in total. The van der Waals surface area contributed by atoms with Gasteiger partial charge in [-0.3, -0.25) is 9.59 Å². The van der Waals surface area contributed by atoms with Crippen molar-refractivity contribution < 1.29 is 9.59 Å². The fourth-order valence-corrected chi connectivity index (χ4v) is 3.44. The summed E-state index contributed by atoms with van der Waals surface area (Å²) in [7, 11) is 0. The van der Waals surface area contributed by atoms with Crippen LogP contribution in [-0.2, 0) is 9.59 Å². The Balaban J connectivity index is 1.90. The molecule has 2 amide bonds. The molecule has 0 bridgehead atoms. The van der Waals surface area contributed by atoms with Crippen LogP contribution in [0.15, 0.2) is 36.4 Å². The minimum atomic E-state index is -0.514. The first kappa shape index (κ1) is 16.2. The highest BCUT2D eigenvalue weighted by Gasteiger charge is 2.40. The van der Waals surface area contributed by atoms with Crippen molar-refractivity contribution in [1.29, 1.82) is 0 Å². The van der Waals surface area contributed by atoms with E-state index in [2.05, 4.69) is 5.32 Å². The minimum absolute atomic E-state index is 0.153. The van der Waals surface area contributed by atoms with Gasteiger partial charge < -0.3 is 5.32 Å². The molecule has 24 heavy (non-hydrogen) atoms. The molecule has 1 heterocycles. The molecule has 2 aromatic rings. The maximum atomic E-state index is 12.8. The topological polar surface area (TPSA) is 49.4 Å². The number of imide groups is 1. The highest BCUT2D eigenvalue weighted by Crippen LogP contribution is 2.31. The molecule has 0 aromatic heterocycles. The lowest BCUT2D eigenvalue weighted by atomic mass is 10.0. The van der Waals surface area contributed by atoms with Crippen molar-refractivity contribution in [3.63, 3.8) is 0 Å². The maximum absolute atomic E-state index is 12.8. The highest BCUT2D eigenvalue weighted by molar-refractivity contribution is 6.23. The molecule has 0 aliphatic carbocycles.